The van der Waals surface area contributed by atoms with Crippen LogP contribution in [0.2, 0.25) is 0 Å². The largest absolute Gasteiger partial charge is 0.365 e. The molecule has 1 fully saturated rings. The Labute approximate surface area is 137 Å². The van der Waals surface area contributed by atoms with Crippen molar-refractivity contribution in [2.75, 3.05) is 26.2 Å². The molecule has 1 heterocycles. The summed E-state index contributed by atoms with van der Waals surface area (Å²) < 4.78 is 5.64. The molecule has 2 aromatic carbocycles. The van der Waals surface area contributed by atoms with Gasteiger partial charge in [0.25, 0.3) is 0 Å². The van der Waals surface area contributed by atoms with E-state index in [2.05, 4.69) is 54.7 Å². The van der Waals surface area contributed by atoms with E-state index >= 15 is 0 Å². The van der Waals surface area contributed by atoms with Crippen molar-refractivity contribution in [3.8, 4) is 0 Å². The van der Waals surface area contributed by atoms with Crippen molar-refractivity contribution in [3.63, 3.8) is 0 Å². The number of likely N-dealkylation sites (N-methyl/N-ethyl adjacent to an activating group) is 1. The average Bonchev–Trinajstić information content (AvgIpc) is 2.60. The molecule has 4 heteroatoms. The van der Waals surface area contributed by atoms with Crippen LogP contribution >= 0.6 is 0 Å². The van der Waals surface area contributed by atoms with E-state index < -0.39 is 0 Å². The molecule has 0 radical (unpaired) electrons. The normalized spacial score (nSPS) is 20.0. The van der Waals surface area contributed by atoms with Crippen LogP contribution < -0.4 is 5.32 Å². The monoisotopic (exact) mass is 312 g/mol. The first-order valence-electron chi connectivity index (χ1n) is 8.29. The Bertz CT molecular complexity index is 681. The van der Waals surface area contributed by atoms with Crippen LogP contribution in [0.5, 0.6) is 0 Å². The molecule has 0 aromatic heterocycles. The number of nitrogens with zero attached hydrogens (tertiary/aromatic N) is 1. The quantitative estimate of drug-likeness (QED) is 0.923. The second kappa shape index (κ2) is 7.11. The number of carbonyl (C=O) groups excluding carboxylic acids is 1. The molecule has 0 bridgehead atoms. The summed E-state index contributed by atoms with van der Waals surface area (Å²) in [6.07, 6.45) is 0.0603. The Hall–Kier alpha value is -1.91. The number of nitrogens with one attached hydrogen (secondary N) is 1. The number of hydrogen-bond donors (Lipinski definition) is 1. The van der Waals surface area contributed by atoms with Crippen molar-refractivity contribution in [3.05, 3.63) is 48.0 Å². The first kappa shape index (κ1) is 16.0. The molecule has 2 aromatic rings. The molecule has 23 heavy (non-hydrogen) atoms. The molecule has 0 spiro atoms. The molecule has 4 nitrogen and oxygen atoms in total. The number of carbonyl (C=O) groups is 1. The van der Waals surface area contributed by atoms with E-state index in [0.29, 0.717) is 6.54 Å². The van der Waals surface area contributed by atoms with Gasteiger partial charge in [0, 0.05) is 25.7 Å². The van der Waals surface area contributed by atoms with Gasteiger partial charge < -0.3 is 15.0 Å². The molecule has 1 saturated heterocycles. The Morgan fingerprint density at radius 3 is 2.87 bits per heavy atom. The third-order valence-corrected chi connectivity index (χ3v) is 4.54. The second-order valence-corrected chi connectivity index (χ2v) is 6.06. The molecule has 1 aliphatic heterocycles. The molecule has 122 valence electrons. The van der Waals surface area contributed by atoms with Gasteiger partial charge in [-0.3, -0.25) is 4.79 Å². The third-order valence-electron chi connectivity index (χ3n) is 4.54. The summed E-state index contributed by atoms with van der Waals surface area (Å²) in [5.41, 5.74) is 1.29. The summed E-state index contributed by atoms with van der Waals surface area (Å²) in [5.74, 6) is 0.0888. The minimum atomic E-state index is 0.0603. The first-order chi connectivity index (χ1) is 11.2. The summed E-state index contributed by atoms with van der Waals surface area (Å²) in [5, 5.41) is 6.10. The highest BCUT2D eigenvalue weighted by atomic mass is 16.5. The standard InChI is InChI=1S/C19H24N2O2/c1-3-21-12-16(23-13-19(21)22)11-20-14(2)17-10-6-8-15-7-4-5-9-18(15)17/h4-10,14,16,20H,3,11-13H2,1-2H3. The molecule has 1 N–H and O–H groups in total. The molecular formula is C19H24N2O2. The summed E-state index contributed by atoms with van der Waals surface area (Å²) in [4.78, 5) is 13.5. The lowest BCUT2D eigenvalue weighted by Crippen LogP contribution is -2.49. The van der Waals surface area contributed by atoms with E-state index in [1.807, 2.05) is 11.8 Å². The third kappa shape index (κ3) is 3.54. The van der Waals surface area contributed by atoms with E-state index in [4.69, 9.17) is 4.74 Å². The van der Waals surface area contributed by atoms with Gasteiger partial charge in [0.15, 0.2) is 0 Å². The van der Waals surface area contributed by atoms with Gasteiger partial charge in [0.1, 0.15) is 6.61 Å². The summed E-state index contributed by atoms with van der Waals surface area (Å²) in [7, 11) is 0. The number of amides is 1. The van der Waals surface area contributed by atoms with E-state index in [0.717, 1.165) is 13.1 Å². The highest BCUT2D eigenvalue weighted by Gasteiger charge is 2.25. The lowest BCUT2D eigenvalue weighted by Gasteiger charge is -2.32. The van der Waals surface area contributed by atoms with Gasteiger partial charge in [-0.2, -0.15) is 0 Å². The highest BCUT2D eigenvalue weighted by Crippen LogP contribution is 2.24. The molecule has 2 unspecified atom stereocenters. The lowest BCUT2D eigenvalue weighted by molar-refractivity contribution is -0.148. The Morgan fingerprint density at radius 1 is 1.26 bits per heavy atom. The van der Waals surface area contributed by atoms with Crippen LogP contribution in [0.3, 0.4) is 0 Å². The van der Waals surface area contributed by atoms with Crippen LogP contribution in [0.1, 0.15) is 25.5 Å². The summed E-state index contributed by atoms with van der Waals surface area (Å²) in [6, 6.07) is 15.1. The highest BCUT2D eigenvalue weighted by molar-refractivity contribution is 5.86. The van der Waals surface area contributed by atoms with Gasteiger partial charge in [-0.1, -0.05) is 42.5 Å². The molecule has 0 saturated carbocycles. The van der Waals surface area contributed by atoms with Crippen LogP contribution in [0, 0.1) is 0 Å². The minimum absolute atomic E-state index is 0.0603. The van der Waals surface area contributed by atoms with Crippen LogP contribution in [0.25, 0.3) is 10.8 Å². The SMILES string of the molecule is CCN1CC(CNC(C)c2cccc3ccccc23)OCC1=O. The maximum atomic E-state index is 11.7. The molecule has 1 amide bonds. The smallest absolute Gasteiger partial charge is 0.248 e. The predicted molar refractivity (Wildman–Crippen MR) is 92.4 cm³/mol. The van der Waals surface area contributed by atoms with Gasteiger partial charge in [-0.15, -0.1) is 0 Å². The number of ether oxygens (including phenoxy) is 1. The van der Waals surface area contributed by atoms with Crippen molar-refractivity contribution in [2.24, 2.45) is 0 Å². The summed E-state index contributed by atoms with van der Waals surface area (Å²) in [6.45, 7) is 6.54. The van der Waals surface area contributed by atoms with E-state index in [9.17, 15) is 4.79 Å². The van der Waals surface area contributed by atoms with Gasteiger partial charge in [-0.05, 0) is 30.2 Å². The maximum absolute atomic E-state index is 11.7. The molecule has 1 aliphatic rings. The number of rotatable bonds is 5. The van der Waals surface area contributed by atoms with Crippen LogP contribution in [0.15, 0.2) is 42.5 Å². The zero-order valence-electron chi connectivity index (χ0n) is 13.8. The van der Waals surface area contributed by atoms with Crippen LogP contribution in [-0.4, -0.2) is 43.2 Å². The zero-order valence-corrected chi connectivity index (χ0v) is 13.8. The van der Waals surface area contributed by atoms with Crippen molar-refractivity contribution in [1.82, 2.24) is 10.2 Å². The number of fused-ring (bicyclic) bond motifs is 1. The molecular weight excluding hydrogens is 288 g/mol. The number of benzene rings is 2. The maximum Gasteiger partial charge on any atom is 0.248 e. The Kier molecular flexibility index (Phi) is 4.94. The van der Waals surface area contributed by atoms with Crippen molar-refractivity contribution in [2.45, 2.75) is 26.0 Å². The topological polar surface area (TPSA) is 41.6 Å². The van der Waals surface area contributed by atoms with Crippen LogP contribution in [-0.2, 0) is 9.53 Å². The van der Waals surface area contributed by atoms with E-state index in [1.54, 1.807) is 0 Å². The Morgan fingerprint density at radius 2 is 2.04 bits per heavy atom. The van der Waals surface area contributed by atoms with Gasteiger partial charge in [-0.25, -0.2) is 0 Å². The van der Waals surface area contributed by atoms with E-state index in [-0.39, 0.29) is 24.7 Å². The minimum Gasteiger partial charge on any atom is -0.365 e. The number of hydrogen-bond acceptors (Lipinski definition) is 3. The van der Waals surface area contributed by atoms with Gasteiger partial charge in [0.05, 0.1) is 6.10 Å². The van der Waals surface area contributed by atoms with Gasteiger partial charge >= 0.3 is 0 Å². The van der Waals surface area contributed by atoms with Gasteiger partial charge in [0.2, 0.25) is 5.91 Å². The zero-order chi connectivity index (χ0) is 16.2. The predicted octanol–water partition coefficient (Wildman–Crippen LogP) is 2.74. The first-order valence-corrected chi connectivity index (χ1v) is 8.29. The Balaban J connectivity index is 1.65. The second-order valence-electron chi connectivity index (χ2n) is 6.06. The molecule has 3 rings (SSSR count). The van der Waals surface area contributed by atoms with Crippen molar-refractivity contribution < 1.29 is 9.53 Å². The average molecular weight is 312 g/mol. The van der Waals surface area contributed by atoms with E-state index in [1.165, 1.54) is 16.3 Å². The molecule has 2 atom stereocenters. The summed E-state index contributed by atoms with van der Waals surface area (Å²) >= 11 is 0. The number of morpholine rings is 1. The fourth-order valence-corrected chi connectivity index (χ4v) is 3.16. The lowest BCUT2D eigenvalue weighted by atomic mass is 9.99. The van der Waals surface area contributed by atoms with Crippen molar-refractivity contribution >= 4 is 16.7 Å². The molecule has 0 aliphatic carbocycles. The van der Waals surface area contributed by atoms with Crippen LogP contribution in [0.4, 0.5) is 0 Å². The fourth-order valence-electron chi connectivity index (χ4n) is 3.16. The van der Waals surface area contributed by atoms with Crippen molar-refractivity contribution in [1.29, 1.82) is 0 Å². The fraction of sp³-hybridized carbons (Fsp3) is 0.421.